The van der Waals surface area contributed by atoms with Crippen LogP contribution in [-0.4, -0.2) is 26.8 Å². The van der Waals surface area contributed by atoms with Gasteiger partial charge in [-0.15, -0.1) is 0 Å². The average Bonchev–Trinajstić information content (AvgIpc) is 2.42. The summed E-state index contributed by atoms with van der Waals surface area (Å²) in [5, 5.41) is 15.0. The van der Waals surface area contributed by atoms with Crippen molar-refractivity contribution < 1.29 is 14.7 Å². The molecule has 0 aliphatic rings. The molecule has 0 aliphatic heterocycles. The Hall–Kier alpha value is -1.85. The summed E-state index contributed by atoms with van der Waals surface area (Å²) in [7, 11) is 1.75. The van der Waals surface area contributed by atoms with Gasteiger partial charge >= 0.3 is 5.97 Å². The molecule has 1 heterocycles. The molecule has 0 aliphatic carbocycles. The zero-order valence-corrected chi connectivity index (χ0v) is 8.65. The van der Waals surface area contributed by atoms with E-state index >= 15 is 0 Å². The Morgan fingerprint density at radius 3 is 2.67 bits per heavy atom. The molecule has 6 nitrogen and oxygen atoms in total. The summed E-state index contributed by atoms with van der Waals surface area (Å²) in [6.45, 7) is 1.77. The zero-order valence-electron chi connectivity index (χ0n) is 8.65. The SMILES string of the molecule is Cc1nn(C)cc1NC(=O)CCC(=O)O. The highest BCUT2D eigenvalue weighted by Gasteiger charge is 2.09. The number of anilines is 1. The normalized spacial score (nSPS) is 10.0. The average molecular weight is 211 g/mol. The Kier molecular flexibility index (Phi) is 3.43. The highest BCUT2D eigenvalue weighted by molar-refractivity contribution is 5.92. The summed E-state index contributed by atoms with van der Waals surface area (Å²) in [5.74, 6) is -1.29. The summed E-state index contributed by atoms with van der Waals surface area (Å²) in [6.07, 6.45) is 1.49. The van der Waals surface area contributed by atoms with Crippen molar-refractivity contribution in [1.29, 1.82) is 0 Å². The molecule has 0 atom stereocenters. The predicted molar refractivity (Wildman–Crippen MR) is 53.4 cm³/mol. The van der Waals surface area contributed by atoms with Gasteiger partial charge in [0.1, 0.15) is 0 Å². The third-order valence-corrected chi connectivity index (χ3v) is 1.85. The van der Waals surface area contributed by atoms with E-state index in [-0.39, 0.29) is 18.7 Å². The number of aryl methyl sites for hydroxylation is 2. The van der Waals surface area contributed by atoms with Crippen LogP contribution in [0, 0.1) is 6.92 Å². The summed E-state index contributed by atoms with van der Waals surface area (Å²) >= 11 is 0. The quantitative estimate of drug-likeness (QED) is 0.760. The van der Waals surface area contributed by atoms with Gasteiger partial charge < -0.3 is 10.4 Å². The van der Waals surface area contributed by atoms with Crippen LogP contribution in [0.1, 0.15) is 18.5 Å². The predicted octanol–water partition coefficient (Wildman–Crippen LogP) is 0.532. The van der Waals surface area contributed by atoms with Gasteiger partial charge in [-0.1, -0.05) is 0 Å². The number of carbonyl (C=O) groups is 2. The van der Waals surface area contributed by atoms with Crippen LogP contribution in [0.25, 0.3) is 0 Å². The Morgan fingerprint density at radius 2 is 2.20 bits per heavy atom. The van der Waals surface area contributed by atoms with Crippen molar-refractivity contribution in [3.8, 4) is 0 Å². The van der Waals surface area contributed by atoms with Crippen LogP contribution < -0.4 is 5.32 Å². The van der Waals surface area contributed by atoms with Gasteiger partial charge in [-0.05, 0) is 6.92 Å². The van der Waals surface area contributed by atoms with Crippen molar-refractivity contribution in [2.45, 2.75) is 19.8 Å². The van der Waals surface area contributed by atoms with Crippen LogP contribution in [0.4, 0.5) is 5.69 Å². The maximum atomic E-state index is 11.3. The molecule has 1 aromatic heterocycles. The van der Waals surface area contributed by atoms with E-state index in [0.29, 0.717) is 11.4 Å². The Morgan fingerprint density at radius 1 is 1.53 bits per heavy atom. The first kappa shape index (κ1) is 11.2. The van der Waals surface area contributed by atoms with E-state index in [9.17, 15) is 9.59 Å². The highest BCUT2D eigenvalue weighted by Crippen LogP contribution is 2.11. The second kappa shape index (κ2) is 4.59. The molecule has 2 N–H and O–H groups in total. The van der Waals surface area contributed by atoms with Crippen molar-refractivity contribution in [2.75, 3.05) is 5.32 Å². The van der Waals surface area contributed by atoms with Crippen LogP contribution in [-0.2, 0) is 16.6 Å². The van der Waals surface area contributed by atoms with Crippen molar-refractivity contribution in [2.24, 2.45) is 7.05 Å². The topological polar surface area (TPSA) is 84.2 Å². The number of hydrogen-bond donors (Lipinski definition) is 2. The van der Waals surface area contributed by atoms with E-state index < -0.39 is 5.97 Å². The third-order valence-electron chi connectivity index (χ3n) is 1.85. The van der Waals surface area contributed by atoms with Crippen molar-refractivity contribution in [3.05, 3.63) is 11.9 Å². The number of hydrogen-bond acceptors (Lipinski definition) is 3. The minimum Gasteiger partial charge on any atom is -0.481 e. The number of aromatic nitrogens is 2. The molecule has 15 heavy (non-hydrogen) atoms. The number of carboxylic acid groups (broad SMARTS) is 1. The van der Waals surface area contributed by atoms with Gasteiger partial charge in [0.25, 0.3) is 0 Å². The zero-order chi connectivity index (χ0) is 11.4. The first-order valence-electron chi connectivity index (χ1n) is 4.51. The molecule has 0 saturated carbocycles. The fourth-order valence-electron chi connectivity index (χ4n) is 1.16. The van der Waals surface area contributed by atoms with Gasteiger partial charge in [-0.2, -0.15) is 5.10 Å². The van der Waals surface area contributed by atoms with E-state index in [0.717, 1.165) is 0 Å². The van der Waals surface area contributed by atoms with Gasteiger partial charge in [0.2, 0.25) is 5.91 Å². The Labute approximate surface area is 86.9 Å². The van der Waals surface area contributed by atoms with Crippen LogP contribution in [0.5, 0.6) is 0 Å². The largest absolute Gasteiger partial charge is 0.481 e. The highest BCUT2D eigenvalue weighted by atomic mass is 16.4. The van der Waals surface area contributed by atoms with Gasteiger partial charge in [-0.3, -0.25) is 14.3 Å². The maximum absolute atomic E-state index is 11.3. The van der Waals surface area contributed by atoms with Gasteiger partial charge in [-0.25, -0.2) is 0 Å². The lowest BCUT2D eigenvalue weighted by atomic mass is 10.3. The minimum absolute atomic E-state index is 0.0241. The lowest BCUT2D eigenvalue weighted by Gasteiger charge is -2.01. The number of rotatable bonds is 4. The molecule has 0 spiro atoms. The molecule has 0 unspecified atom stereocenters. The van der Waals surface area contributed by atoms with E-state index in [1.54, 1.807) is 24.9 Å². The van der Waals surface area contributed by atoms with Crippen LogP contribution in [0.15, 0.2) is 6.20 Å². The molecule has 0 bridgehead atoms. The van der Waals surface area contributed by atoms with E-state index in [2.05, 4.69) is 10.4 Å². The minimum atomic E-state index is -0.979. The molecule has 0 aromatic carbocycles. The Balaban J connectivity index is 2.51. The Bertz CT molecular complexity index is 384. The van der Waals surface area contributed by atoms with E-state index in [1.807, 2.05) is 0 Å². The van der Waals surface area contributed by atoms with E-state index in [4.69, 9.17) is 5.11 Å². The van der Waals surface area contributed by atoms with Crippen molar-refractivity contribution in [3.63, 3.8) is 0 Å². The number of carbonyl (C=O) groups excluding carboxylic acids is 1. The second-order valence-electron chi connectivity index (χ2n) is 3.24. The second-order valence-corrected chi connectivity index (χ2v) is 3.24. The van der Waals surface area contributed by atoms with Gasteiger partial charge in [0, 0.05) is 19.7 Å². The summed E-state index contributed by atoms with van der Waals surface area (Å²) in [4.78, 5) is 21.5. The lowest BCUT2D eigenvalue weighted by Crippen LogP contribution is -2.13. The molecular weight excluding hydrogens is 198 g/mol. The monoisotopic (exact) mass is 211 g/mol. The van der Waals surface area contributed by atoms with Crippen molar-refractivity contribution >= 4 is 17.6 Å². The molecule has 1 rings (SSSR count). The van der Waals surface area contributed by atoms with Crippen LogP contribution in [0.3, 0.4) is 0 Å². The van der Waals surface area contributed by atoms with Crippen LogP contribution >= 0.6 is 0 Å². The van der Waals surface area contributed by atoms with Gasteiger partial charge in [0.15, 0.2) is 0 Å². The molecular formula is C9H13N3O3. The number of aliphatic carboxylic acids is 1. The summed E-state index contributed by atoms with van der Waals surface area (Å²) in [5.41, 5.74) is 1.33. The van der Waals surface area contributed by atoms with E-state index in [1.165, 1.54) is 0 Å². The number of amides is 1. The maximum Gasteiger partial charge on any atom is 0.303 e. The first-order chi connectivity index (χ1) is 6.99. The molecule has 1 aromatic rings. The first-order valence-corrected chi connectivity index (χ1v) is 4.51. The summed E-state index contributed by atoms with van der Waals surface area (Å²) < 4.78 is 1.59. The van der Waals surface area contributed by atoms with Crippen LogP contribution in [0.2, 0.25) is 0 Å². The van der Waals surface area contributed by atoms with Crippen molar-refractivity contribution in [1.82, 2.24) is 9.78 Å². The lowest BCUT2D eigenvalue weighted by molar-refractivity contribution is -0.138. The van der Waals surface area contributed by atoms with Gasteiger partial charge in [0.05, 0.1) is 17.8 Å². The standard InChI is InChI=1S/C9H13N3O3/c1-6-7(5-12(2)11-6)10-8(13)3-4-9(14)15/h5H,3-4H2,1-2H3,(H,10,13)(H,14,15). The molecule has 0 radical (unpaired) electrons. The fraction of sp³-hybridized carbons (Fsp3) is 0.444. The smallest absolute Gasteiger partial charge is 0.303 e. The molecule has 1 amide bonds. The number of nitrogens with zero attached hydrogens (tertiary/aromatic N) is 2. The molecule has 82 valence electrons. The third kappa shape index (κ3) is 3.41. The number of carboxylic acids is 1. The molecule has 0 fully saturated rings. The fourth-order valence-corrected chi connectivity index (χ4v) is 1.16. The number of nitrogens with one attached hydrogen (secondary N) is 1. The summed E-state index contributed by atoms with van der Waals surface area (Å²) in [6, 6.07) is 0. The molecule has 0 saturated heterocycles. The molecule has 6 heteroatoms.